The molecule has 0 fully saturated rings. The summed E-state index contributed by atoms with van der Waals surface area (Å²) >= 11 is 0. The van der Waals surface area contributed by atoms with Crippen LogP contribution in [0.1, 0.15) is 27.7 Å². The highest BCUT2D eigenvalue weighted by Crippen LogP contribution is 2.16. The maximum absolute atomic E-state index is 3.15. The molecule has 83 valence electrons. The first-order chi connectivity index (χ1) is 7.09. The number of nitrogens with zero attached hydrogens (tertiary/aromatic N) is 1. The van der Waals surface area contributed by atoms with Crippen LogP contribution >= 0.6 is 0 Å². The van der Waals surface area contributed by atoms with Gasteiger partial charge in [-0.1, -0.05) is 39.8 Å². The molecule has 1 radical (unpaired) electrons. The first-order valence-electron chi connectivity index (χ1n) is 5.80. The van der Waals surface area contributed by atoms with Crippen molar-refractivity contribution in [1.29, 1.82) is 0 Å². The Balaban J connectivity index is 2.72. The molecule has 0 aliphatic carbocycles. The molecule has 0 spiro atoms. The van der Waals surface area contributed by atoms with Crippen LogP contribution in [0.3, 0.4) is 0 Å². The van der Waals surface area contributed by atoms with Crippen molar-refractivity contribution in [3.63, 3.8) is 0 Å². The van der Waals surface area contributed by atoms with Gasteiger partial charge in [0.25, 0.3) is 0 Å². The molecular weight excluding hydrogens is 182 g/mol. The summed E-state index contributed by atoms with van der Waals surface area (Å²) < 4.78 is 0. The summed E-state index contributed by atoms with van der Waals surface area (Å²) in [7, 11) is 0. The van der Waals surface area contributed by atoms with E-state index >= 15 is 0 Å². The predicted molar refractivity (Wildman–Crippen MR) is 67.2 cm³/mol. The quantitative estimate of drug-likeness (QED) is 0.708. The number of hydrogen-bond donors (Lipinski definition) is 0. The van der Waals surface area contributed by atoms with E-state index in [1.165, 1.54) is 5.69 Å². The van der Waals surface area contributed by atoms with Crippen molar-refractivity contribution in [2.45, 2.75) is 27.7 Å². The predicted octanol–water partition coefficient (Wildman–Crippen LogP) is 3.61. The zero-order valence-electron chi connectivity index (χ0n) is 10.3. The molecule has 1 nitrogen and oxygen atoms in total. The van der Waals surface area contributed by atoms with Gasteiger partial charge in [-0.05, 0) is 30.0 Å². The zero-order chi connectivity index (χ0) is 11.3. The van der Waals surface area contributed by atoms with Crippen LogP contribution in [-0.2, 0) is 0 Å². The summed E-state index contributed by atoms with van der Waals surface area (Å²) in [6.45, 7) is 11.3. The van der Waals surface area contributed by atoms with Crippen LogP contribution in [0.25, 0.3) is 0 Å². The highest BCUT2D eigenvalue weighted by atomic mass is 15.1. The van der Waals surface area contributed by atoms with E-state index < -0.39 is 0 Å². The maximum Gasteiger partial charge on any atom is 0.0372 e. The molecule has 0 aliphatic heterocycles. The third kappa shape index (κ3) is 4.37. The molecule has 0 bridgehead atoms. The average Bonchev–Trinajstić information content (AvgIpc) is 2.17. The SMILES string of the molecule is CC(C)CN(CC(C)C)c1c[c]ccc1. The molecule has 0 unspecified atom stereocenters. The second kappa shape index (κ2) is 5.79. The molecule has 0 N–H and O–H groups in total. The van der Waals surface area contributed by atoms with Gasteiger partial charge >= 0.3 is 0 Å². The second-order valence-corrected chi connectivity index (χ2v) is 4.95. The van der Waals surface area contributed by atoms with Crippen molar-refractivity contribution < 1.29 is 0 Å². The number of anilines is 1. The van der Waals surface area contributed by atoms with Gasteiger partial charge in [-0.15, -0.1) is 0 Å². The van der Waals surface area contributed by atoms with E-state index in [1.807, 2.05) is 6.07 Å². The molecule has 0 atom stereocenters. The Hall–Kier alpha value is -0.980. The summed E-state index contributed by atoms with van der Waals surface area (Å²) in [6.07, 6.45) is 0. The molecule has 0 aliphatic rings. The van der Waals surface area contributed by atoms with Crippen LogP contribution < -0.4 is 4.90 Å². The van der Waals surface area contributed by atoms with Crippen LogP contribution in [0, 0.1) is 17.9 Å². The summed E-state index contributed by atoms with van der Waals surface area (Å²) in [5.74, 6) is 1.40. The molecule has 15 heavy (non-hydrogen) atoms. The standard InChI is InChI=1S/C14H22N/c1-12(2)10-15(11-13(3)4)14-8-6-5-7-9-14/h5-6,8-9,12-13H,10-11H2,1-4H3. The van der Waals surface area contributed by atoms with Crippen molar-refractivity contribution in [3.05, 3.63) is 30.3 Å². The Morgan fingerprint density at radius 2 is 1.73 bits per heavy atom. The third-order valence-electron chi connectivity index (χ3n) is 2.23. The van der Waals surface area contributed by atoms with E-state index in [2.05, 4.69) is 56.9 Å². The summed E-state index contributed by atoms with van der Waals surface area (Å²) in [6, 6.07) is 11.4. The van der Waals surface area contributed by atoms with E-state index in [0.717, 1.165) is 13.1 Å². The average molecular weight is 204 g/mol. The highest BCUT2D eigenvalue weighted by molar-refractivity contribution is 5.45. The van der Waals surface area contributed by atoms with Crippen LogP contribution in [0.5, 0.6) is 0 Å². The van der Waals surface area contributed by atoms with Crippen LogP contribution in [-0.4, -0.2) is 13.1 Å². The van der Waals surface area contributed by atoms with Gasteiger partial charge < -0.3 is 4.90 Å². The first-order valence-corrected chi connectivity index (χ1v) is 5.80. The summed E-state index contributed by atoms with van der Waals surface area (Å²) in [4.78, 5) is 2.45. The van der Waals surface area contributed by atoms with E-state index in [9.17, 15) is 0 Å². The molecule has 0 aromatic heterocycles. The normalized spacial score (nSPS) is 11.1. The van der Waals surface area contributed by atoms with Crippen LogP contribution in [0.15, 0.2) is 24.3 Å². The van der Waals surface area contributed by atoms with Crippen molar-refractivity contribution in [2.24, 2.45) is 11.8 Å². The molecule has 1 rings (SSSR count). The Bertz CT molecular complexity index is 254. The fraction of sp³-hybridized carbons (Fsp3) is 0.571. The minimum atomic E-state index is 0.698. The van der Waals surface area contributed by atoms with Crippen molar-refractivity contribution in [3.8, 4) is 0 Å². The molecule has 1 heteroatoms. The van der Waals surface area contributed by atoms with E-state index in [4.69, 9.17) is 0 Å². The number of benzene rings is 1. The smallest absolute Gasteiger partial charge is 0.0372 e. The maximum atomic E-state index is 3.15. The van der Waals surface area contributed by atoms with Gasteiger partial charge in [-0.25, -0.2) is 0 Å². The van der Waals surface area contributed by atoms with Gasteiger partial charge in [-0.3, -0.25) is 0 Å². The monoisotopic (exact) mass is 204 g/mol. The van der Waals surface area contributed by atoms with Crippen molar-refractivity contribution in [2.75, 3.05) is 18.0 Å². The fourth-order valence-corrected chi connectivity index (χ4v) is 1.75. The lowest BCUT2D eigenvalue weighted by atomic mass is 10.1. The van der Waals surface area contributed by atoms with Gasteiger partial charge in [0.2, 0.25) is 0 Å². The van der Waals surface area contributed by atoms with Gasteiger partial charge in [0.15, 0.2) is 0 Å². The number of hydrogen-bond acceptors (Lipinski definition) is 1. The lowest BCUT2D eigenvalue weighted by Gasteiger charge is -2.28. The van der Waals surface area contributed by atoms with E-state index in [0.29, 0.717) is 11.8 Å². The Morgan fingerprint density at radius 3 is 2.13 bits per heavy atom. The minimum Gasteiger partial charge on any atom is -0.371 e. The van der Waals surface area contributed by atoms with Crippen molar-refractivity contribution in [1.82, 2.24) is 0 Å². The molecular formula is C14H22N. The van der Waals surface area contributed by atoms with Gasteiger partial charge in [-0.2, -0.15) is 0 Å². The Morgan fingerprint density at radius 1 is 1.13 bits per heavy atom. The first kappa shape index (κ1) is 12.1. The van der Waals surface area contributed by atoms with Gasteiger partial charge in [0.05, 0.1) is 0 Å². The molecule has 1 aromatic rings. The van der Waals surface area contributed by atoms with Gasteiger partial charge in [0.1, 0.15) is 0 Å². The fourth-order valence-electron chi connectivity index (χ4n) is 1.75. The van der Waals surface area contributed by atoms with Gasteiger partial charge in [0, 0.05) is 18.8 Å². The lowest BCUT2D eigenvalue weighted by molar-refractivity contribution is 0.553. The molecule has 0 heterocycles. The van der Waals surface area contributed by atoms with Crippen LogP contribution in [0.2, 0.25) is 0 Å². The zero-order valence-corrected chi connectivity index (χ0v) is 10.3. The summed E-state index contributed by atoms with van der Waals surface area (Å²) in [5, 5.41) is 0. The Kier molecular flexibility index (Phi) is 4.67. The third-order valence-corrected chi connectivity index (χ3v) is 2.23. The summed E-state index contributed by atoms with van der Waals surface area (Å²) in [5.41, 5.74) is 1.29. The van der Waals surface area contributed by atoms with E-state index in [-0.39, 0.29) is 0 Å². The second-order valence-electron chi connectivity index (χ2n) is 4.95. The molecule has 1 aromatic carbocycles. The molecule has 0 amide bonds. The minimum absolute atomic E-state index is 0.698. The molecule has 0 saturated heterocycles. The molecule has 0 saturated carbocycles. The van der Waals surface area contributed by atoms with Crippen molar-refractivity contribution >= 4 is 5.69 Å². The van der Waals surface area contributed by atoms with E-state index in [1.54, 1.807) is 0 Å². The highest BCUT2D eigenvalue weighted by Gasteiger charge is 2.09. The van der Waals surface area contributed by atoms with Crippen LogP contribution in [0.4, 0.5) is 5.69 Å². The largest absolute Gasteiger partial charge is 0.371 e. The number of rotatable bonds is 5. The lowest BCUT2D eigenvalue weighted by Crippen LogP contribution is -2.31. The Labute approximate surface area is 94.1 Å². The topological polar surface area (TPSA) is 3.24 Å².